The molecule has 0 radical (unpaired) electrons. The molecule has 9 heteroatoms. The van der Waals surface area contributed by atoms with Crippen LogP contribution in [0.25, 0.3) is 0 Å². The molecule has 2 aromatic carbocycles. The molecule has 0 aliphatic carbocycles. The zero-order chi connectivity index (χ0) is 21.5. The Labute approximate surface area is 179 Å². The minimum absolute atomic E-state index is 0.333. The highest BCUT2D eigenvalue weighted by molar-refractivity contribution is 6.31. The number of halogens is 1. The van der Waals surface area contributed by atoms with E-state index in [1.807, 2.05) is 18.2 Å². The van der Waals surface area contributed by atoms with Gasteiger partial charge in [0.1, 0.15) is 0 Å². The Balaban J connectivity index is 0.000000377. The van der Waals surface area contributed by atoms with Gasteiger partial charge < -0.3 is 19.7 Å². The van der Waals surface area contributed by atoms with E-state index >= 15 is 0 Å². The monoisotopic (exact) mass is 434 g/mol. The van der Waals surface area contributed by atoms with E-state index in [0.717, 1.165) is 55.8 Å². The third-order valence-electron chi connectivity index (χ3n) is 4.84. The molecule has 0 unspecified atom stereocenters. The quantitative estimate of drug-likeness (QED) is 0.708. The lowest BCUT2D eigenvalue weighted by Gasteiger charge is -2.34. The smallest absolute Gasteiger partial charge is 0.414 e. The van der Waals surface area contributed by atoms with Gasteiger partial charge in [0.05, 0.1) is 0 Å². The van der Waals surface area contributed by atoms with E-state index in [1.165, 1.54) is 11.1 Å². The fourth-order valence-corrected chi connectivity index (χ4v) is 3.47. The van der Waals surface area contributed by atoms with Crippen LogP contribution in [0.4, 0.5) is 0 Å². The van der Waals surface area contributed by atoms with Crippen LogP contribution in [0.3, 0.4) is 0 Å². The fourth-order valence-electron chi connectivity index (χ4n) is 3.27. The van der Waals surface area contributed by atoms with Gasteiger partial charge in [-0.2, -0.15) is 0 Å². The normalized spacial score (nSPS) is 15.9. The number of carboxylic acid groups (broad SMARTS) is 2. The van der Waals surface area contributed by atoms with Gasteiger partial charge in [0.2, 0.25) is 6.79 Å². The van der Waals surface area contributed by atoms with Crippen LogP contribution in [0.2, 0.25) is 5.02 Å². The summed E-state index contributed by atoms with van der Waals surface area (Å²) in [6.07, 6.45) is 0. The highest BCUT2D eigenvalue weighted by Crippen LogP contribution is 2.32. The lowest BCUT2D eigenvalue weighted by molar-refractivity contribution is -0.159. The van der Waals surface area contributed by atoms with Gasteiger partial charge in [0.15, 0.2) is 11.5 Å². The summed E-state index contributed by atoms with van der Waals surface area (Å²) in [5, 5.41) is 15.6. The predicted octanol–water partition coefficient (Wildman–Crippen LogP) is 2.54. The van der Waals surface area contributed by atoms with Crippen molar-refractivity contribution >= 4 is 23.5 Å². The molecular formula is C21H23ClN2O6. The Kier molecular flexibility index (Phi) is 7.51. The second kappa shape index (κ2) is 10.3. The largest absolute Gasteiger partial charge is 0.473 e. The van der Waals surface area contributed by atoms with Crippen molar-refractivity contribution in [2.75, 3.05) is 33.0 Å². The molecule has 160 valence electrons. The second-order valence-electron chi connectivity index (χ2n) is 6.94. The van der Waals surface area contributed by atoms with E-state index in [1.54, 1.807) is 0 Å². The van der Waals surface area contributed by atoms with Crippen LogP contribution in [-0.4, -0.2) is 64.9 Å². The third-order valence-corrected chi connectivity index (χ3v) is 5.21. The number of aliphatic carboxylic acids is 2. The maximum Gasteiger partial charge on any atom is 0.414 e. The van der Waals surface area contributed by atoms with E-state index in [0.29, 0.717) is 6.79 Å². The number of fused-ring (bicyclic) bond motifs is 1. The molecule has 0 atom stereocenters. The summed E-state index contributed by atoms with van der Waals surface area (Å²) in [6, 6.07) is 14.3. The molecule has 1 saturated heterocycles. The molecule has 0 bridgehead atoms. The highest BCUT2D eigenvalue weighted by Gasteiger charge is 2.19. The Morgan fingerprint density at radius 2 is 1.47 bits per heavy atom. The average molecular weight is 435 g/mol. The molecule has 2 heterocycles. The SMILES string of the molecule is Clc1ccccc1CN1CCN(Cc2ccc3c(c2)OCO3)CC1.O=C(O)C(=O)O. The lowest BCUT2D eigenvalue weighted by atomic mass is 10.1. The van der Waals surface area contributed by atoms with E-state index in [4.69, 9.17) is 40.9 Å². The first-order valence-corrected chi connectivity index (χ1v) is 9.83. The summed E-state index contributed by atoms with van der Waals surface area (Å²) in [5.74, 6) is -1.93. The molecule has 2 N–H and O–H groups in total. The maximum absolute atomic E-state index is 9.10. The first kappa shape index (κ1) is 21.9. The predicted molar refractivity (Wildman–Crippen MR) is 110 cm³/mol. The summed E-state index contributed by atoms with van der Waals surface area (Å²) in [6.45, 7) is 6.48. The van der Waals surface area contributed by atoms with Gasteiger partial charge in [-0.05, 0) is 29.3 Å². The number of nitrogens with zero attached hydrogens (tertiary/aromatic N) is 2. The minimum atomic E-state index is -1.82. The van der Waals surface area contributed by atoms with Gasteiger partial charge in [-0.1, -0.05) is 35.9 Å². The van der Waals surface area contributed by atoms with Crippen LogP contribution in [0.5, 0.6) is 11.5 Å². The number of carbonyl (C=O) groups is 2. The second-order valence-corrected chi connectivity index (χ2v) is 7.35. The molecular weight excluding hydrogens is 412 g/mol. The highest BCUT2D eigenvalue weighted by atomic mass is 35.5. The van der Waals surface area contributed by atoms with Crippen LogP contribution >= 0.6 is 11.6 Å². The van der Waals surface area contributed by atoms with Crippen molar-refractivity contribution in [1.82, 2.24) is 9.80 Å². The Morgan fingerprint density at radius 3 is 2.10 bits per heavy atom. The Bertz CT molecular complexity index is 887. The van der Waals surface area contributed by atoms with Gasteiger partial charge in [-0.3, -0.25) is 9.80 Å². The van der Waals surface area contributed by atoms with Crippen molar-refractivity contribution < 1.29 is 29.3 Å². The summed E-state index contributed by atoms with van der Waals surface area (Å²) in [5.41, 5.74) is 2.49. The van der Waals surface area contributed by atoms with Gasteiger partial charge in [-0.15, -0.1) is 0 Å². The van der Waals surface area contributed by atoms with Crippen LogP contribution in [0.1, 0.15) is 11.1 Å². The first-order valence-electron chi connectivity index (χ1n) is 9.45. The van der Waals surface area contributed by atoms with Crippen LogP contribution < -0.4 is 9.47 Å². The average Bonchev–Trinajstić information content (AvgIpc) is 3.19. The minimum Gasteiger partial charge on any atom is -0.473 e. The molecule has 0 saturated carbocycles. The number of ether oxygens (including phenoxy) is 2. The standard InChI is InChI=1S/C19H21ClN2O2.C2H2O4/c20-17-4-2-1-3-16(17)13-22-9-7-21(8-10-22)12-15-5-6-18-19(11-15)24-14-23-18;3-1(4)2(5)6/h1-6,11H,7-10,12-14H2;(H,3,4)(H,5,6). The van der Waals surface area contributed by atoms with E-state index in [2.05, 4.69) is 34.1 Å². The first-order chi connectivity index (χ1) is 14.4. The maximum atomic E-state index is 9.10. The molecule has 0 amide bonds. The van der Waals surface area contributed by atoms with Gasteiger partial charge in [-0.25, -0.2) is 9.59 Å². The number of benzene rings is 2. The molecule has 30 heavy (non-hydrogen) atoms. The van der Waals surface area contributed by atoms with Gasteiger partial charge in [0, 0.05) is 44.3 Å². The zero-order valence-corrected chi connectivity index (χ0v) is 17.0. The van der Waals surface area contributed by atoms with Crippen molar-refractivity contribution in [2.24, 2.45) is 0 Å². The Hall–Kier alpha value is -2.81. The third kappa shape index (κ3) is 6.09. The fraction of sp³-hybridized carbons (Fsp3) is 0.333. The number of hydrogen-bond acceptors (Lipinski definition) is 6. The number of hydrogen-bond donors (Lipinski definition) is 2. The van der Waals surface area contributed by atoms with Gasteiger partial charge in [0.25, 0.3) is 0 Å². The Morgan fingerprint density at radius 1 is 0.867 bits per heavy atom. The van der Waals surface area contributed by atoms with Crippen LogP contribution in [-0.2, 0) is 22.7 Å². The van der Waals surface area contributed by atoms with Crippen molar-refractivity contribution in [3.63, 3.8) is 0 Å². The van der Waals surface area contributed by atoms with E-state index in [9.17, 15) is 0 Å². The molecule has 8 nitrogen and oxygen atoms in total. The van der Waals surface area contributed by atoms with Crippen molar-refractivity contribution in [3.8, 4) is 11.5 Å². The molecule has 0 aromatic heterocycles. The topological polar surface area (TPSA) is 99.5 Å². The molecule has 2 aliphatic heterocycles. The summed E-state index contributed by atoms with van der Waals surface area (Å²) in [7, 11) is 0. The van der Waals surface area contributed by atoms with E-state index < -0.39 is 11.9 Å². The summed E-state index contributed by atoms with van der Waals surface area (Å²) in [4.78, 5) is 23.2. The molecule has 0 spiro atoms. The van der Waals surface area contributed by atoms with Crippen molar-refractivity contribution in [3.05, 3.63) is 58.6 Å². The zero-order valence-electron chi connectivity index (χ0n) is 16.3. The van der Waals surface area contributed by atoms with Crippen LogP contribution in [0, 0.1) is 0 Å². The van der Waals surface area contributed by atoms with Crippen molar-refractivity contribution in [1.29, 1.82) is 0 Å². The molecule has 2 aliphatic rings. The number of carboxylic acids is 2. The number of rotatable bonds is 4. The van der Waals surface area contributed by atoms with Crippen LogP contribution in [0.15, 0.2) is 42.5 Å². The molecule has 1 fully saturated rings. The molecule has 4 rings (SSSR count). The summed E-state index contributed by atoms with van der Waals surface area (Å²) < 4.78 is 10.8. The van der Waals surface area contributed by atoms with Crippen molar-refractivity contribution in [2.45, 2.75) is 13.1 Å². The van der Waals surface area contributed by atoms with E-state index in [-0.39, 0.29) is 0 Å². The molecule has 2 aromatic rings. The lowest BCUT2D eigenvalue weighted by Crippen LogP contribution is -2.45. The summed E-state index contributed by atoms with van der Waals surface area (Å²) >= 11 is 6.27. The van der Waals surface area contributed by atoms with Gasteiger partial charge >= 0.3 is 11.9 Å². The number of piperazine rings is 1.